The van der Waals surface area contributed by atoms with Gasteiger partial charge in [-0.05, 0) is 28.3 Å². The second kappa shape index (κ2) is 5.69. The summed E-state index contributed by atoms with van der Waals surface area (Å²) in [6.45, 7) is 2.98. The first-order valence-corrected chi connectivity index (χ1v) is 7.51. The second-order valence-electron chi connectivity index (χ2n) is 5.62. The lowest BCUT2D eigenvalue weighted by Crippen LogP contribution is -2.30. The van der Waals surface area contributed by atoms with Crippen molar-refractivity contribution in [1.82, 2.24) is 25.5 Å². The summed E-state index contributed by atoms with van der Waals surface area (Å²) in [4.78, 5) is 2.47. The molecule has 0 atom stereocenters. The van der Waals surface area contributed by atoms with Gasteiger partial charge >= 0.3 is 0 Å². The minimum absolute atomic E-state index is 0.660. The van der Waals surface area contributed by atoms with Crippen LogP contribution >= 0.6 is 0 Å². The average Bonchev–Trinajstić information content (AvgIpc) is 3.10. The van der Waals surface area contributed by atoms with Crippen molar-refractivity contribution >= 4 is 0 Å². The number of hydrogen-bond donors (Lipinski definition) is 1. The van der Waals surface area contributed by atoms with E-state index in [-0.39, 0.29) is 0 Å². The SMILES string of the molecule is c1ccc2c(c1)CCN(Cc1ccccc1-c1nn[nH]n1)C2. The zero-order valence-electron chi connectivity index (χ0n) is 12.2. The van der Waals surface area contributed by atoms with Crippen LogP contribution < -0.4 is 0 Å². The third kappa shape index (κ3) is 2.51. The van der Waals surface area contributed by atoms with Gasteiger partial charge in [0.05, 0.1) is 0 Å². The summed E-state index contributed by atoms with van der Waals surface area (Å²) in [5.41, 5.74) is 5.20. The molecule has 0 saturated carbocycles. The maximum Gasteiger partial charge on any atom is 0.204 e. The Hall–Kier alpha value is -2.53. The van der Waals surface area contributed by atoms with Crippen LogP contribution in [0.15, 0.2) is 48.5 Å². The van der Waals surface area contributed by atoms with Crippen molar-refractivity contribution in [2.45, 2.75) is 19.5 Å². The Balaban J connectivity index is 1.58. The lowest BCUT2D eigenvalue weighted by Gasteiger charge is -2.29. The summed E-state index contributed by atoms with van der Waals surface area (Å²) in [7, 11) is 0. The first-order valence-electron chi connectivity index (χ1n) is 7.51. The fraction of sp³-hybridized carbons (Fsp3) is 0.235. The fourth-order valence-corrected chi connectivity index (χ4v) is 3.08. The van der Waals surface area contributed by atoms with Gasteiger partial charge in [0, 0.05) is 25.2 Å². The van der Waals surface area contributed by atoms with Crippen molar-refractivity contribution in [3.8, 4) is 11.4 Å². The van der Waals surface area contributed by atoms with Gasteiger partial charge in [0.2, 0.25) is 5.82 Å². The molecular formula is C17H17N5. The molecule has 0 amide bonds. The molecule has 2 heterocycles. The number of benzene rings is 2. The molecule has 1 aliphatic heterocycles. The molecule has 5 heteroatoms. The van der Waals surface area contributed by atoms with Gasteiger partial charge < -0.3 is 0 Å². The van der Waals surface area contributed by atoms with Crippen LogP contribution in [0.2, 0.25) is 0 Å². The molecule has 0 saturated heterocycles. The Morgan fingerprint density at radius 1 is 1.00 bits per heavy atom. The number of nitrogens with one attached hydrogen (secondary N) is 1. The first kappa shape index (κ1) is 13.2. The number of aromatic amines is 1. The molecule has 2 aromatic carbocycles. The summed E-state index contributed by atoms with van der Waals surface area (Å²) in [5, 5.41) is 14.4. The minimum atomic E-state index is 0.660. The van der Waals surface area contributed by atoms with Gasteiger partial charge in [-0.1, -0.05) is 48.5 Å². The highest BCUT2D eigenvalue weighted by Gasteiger charge is 2.17. The Morgan fingerprint density at radius 3 is 2.68 bits per heavy atom. The lowest BCUT2D eigenvalue weighted by molar-refractivity contribution is 0.246. The molecule has 0 unspecified atom stereocenters. The number of fused-ring (bicyclic) bond motifs is 1. The summed E-state index contributed by atoms with van der Waals surface area (Å²) in [6, 6.07) is 17.0. The monoisotopic (exact) mass is 291 g/mol. The van der Waals surface area contributed by atoms with Gasteiger partial charge in [0.15, 0.2) is 0 Å². The van der Waals surface area contributed by atoms with Gasteiger partial charge in [-0.15, -0.1) is 10.2 Å². The third-order valence-corrected chi connectivity index (χ3v) is 4.21. The molecule has 3 aromatic rings. The van der Waals surface area contributed by atoms with E-state index in [4.69, 9.17) is 0 Å². The Labute approximate surface area is 129 Å². The molecule has 22 heavy (non-hydrogen) atoms. The van der Waals surface area contributed by atoms with E-state index < -0.39 is 0 Å². The molecule has 5 nitrogen and oxygen atoms in total. The number of aromatic nitrogens is 4. The number of tetrazole rings is 1. The van der Waals surface area contributed by atoms with Crippen molar-refractivity contribution in [2.75, 3.05) is 6.54 Å². The van der Waals surface area contributed by atoms with Crippen LogP contribution in [0.4, 0.5) is 0 Å². The number of H-pyrrole nitrogens is 1. The smallest absolute Gasteiger partial charge is 0.204 e. The molecule has 1 aromatic heterocycles. The summed E-state index contributed by atoms with van der Waals surface area (Å²) in [5.74, 6) is 0.660. The van der Waals surface area contributed by atoms with E-state index in [0.29, 0.717) is 5.82 Å². The van der Waals surface area contributed by atoms with E-state index >= 15 is 0 Å². The molecule has 0 aliphatic carbocycles. The van der Waals surface area contributed by atoms with E-state index in [2.05, 4.69) is 68.0 Å². The van der Waals surface area contributed by atoms with E-state index in [1.54, 1.807) is 0 Å². The summed E-state index contributed by atoms with van der Waals surface area (Å²) in [6.07, 6.45) is 1.11. The lowest BCUT2D eigenvalue weighted by atomic mass is 9.98. The van der Waals surface area contributed by atoms with Gasteiger partial charge in [-0.25, -0.2) is 0 Å². The maximum absolute atomic E-state index is 4.11. The van der Waals surface area contributed by atoms with Crippen LogP contribution in [0, 0.1) is 0 Å². The zero-order chi connectivity index (χ0) is 14.8. The molecule has 1 aliphatic rings. The molecule has 0 radical (unpaired) electrons. The zero-order valence-corrected chi connectivity index (χ0v) is 12.2. The van der Waals surface area contributed by atoms with Crippen molar-refractivity contribution in [1.29, 1.82) is 0 Å². The van der Waals surface area contributed by atoms with Crippen LogP contribution in [-0.4, -0.2) is 32.1 Å². The topological polar surface area (TPSA) is 57.7 Å². The summed E-state index contributed by atoms with van der Waals surface area (Å²) >= 11 is 0. The Bertz CT molecular complexity index is 766. The Morgan fingerprint density at radius 2 is 1.82 bits per heavy atom. The number of hydrogen-bond acceptors (Lipinski definition) is 4. The molecule has 0 fully saturated rings. The van der Waals surface area contributed by atoms with Crippen LogP contribution in [0.25, 0.3) is 11.4 Å². The van der Waals surface area contributed by atoms with Gasteiger partial charge in [0.1, 0.15) is 0 Å². The van der Waals surface area contributed by atoms with Crippen LogP contribution in [0.5, 0.6) is 0 Å². The number of rotatable bonds is 3. The van der Waals surface area contributed by atoms with E-state index in [0.717, 1.165) is 31.6 Å². The average molecular weight is 291 g/mol. The number of nitrogens with zero attached hydrogens (tertiary/aromatic N) is 4. The van der Waals surface area contributed by atoms with Gasteiger partial charge in [-0.3, -0.25) is 4.90 Å². The highest BCUT2D eigenvalue weighted by Crippen LogP contribution is 2.24. The quantitative estimate of drug-likeness (QED) is 0.805. The van der Waals surface area contributed by atoms with Crippen LogP contribution in [-0.2, 0) is 19.5 Å². The van der Waals surface area contributed by atoms with Crippen molar-refractivity contribution in [3.63, 3.8) is 0 Å². The molecule has 4 rings (SSSR count). The molecule has 1 N–H and O–H groups in total. The highest BCUT2D eigenvalue weighted by molar-refractivity contribution is 5.59. The standard InChI is InChI=1S/C17H17N5/c1-2-6-14-11-22(10-9-13(14)5-1)12-15-7-3-4-8-16(15)17-18-20-21-19-17/h1-8H,9-12H2,(H,18,19,20,21). The molecule has 110 valence electrons. The normalized spacial score (nSPS) is 14.7. The van der Waals surface area contributed by atoms with Crippen LogP contribution in [0.1, 0.15) is 16.7 Å². The highest BCUT2D eigenvalue weighted by atomic mass is 15.5. The van der Waals surface area contributed by atoms with Crippen molar-refractivity contribution < 1.29 is 0 Å². The predicted octanol–water partition coefficient (Wildman–Crippen LogP) is 2.43. The first-order chi connectivity index (χ1) is 10.9. The molecule has 0 bridgehead atoms. The van der Waals surface area contributed by atoms with E-state index in [9.17, 15) is 0 Å². The predicted molar refractivity (Wildman–Crippen MR) is 83.9 cm³/mol. The summed E-state index contributed by atoms with van der Waals surface area (Å²) < 4.78 is 0. The minimum Gasteiger partial charge on any atom is -0.294 e. The molecular weight excluding hydrogens is 274 g/mol. The van der Waals surface area contributed by atoms with Gasteiger partial charge in [0.25, 0.3) is 0 Å². The third-order valence-electron chi connectivity index (χ3n) is 4.21. The second-order valence-corrected chi connectivity index (χ2v) is 5.62. The largest absolute Gasteiger partial charge is 0.294 e. The Kier molecular flexibility index (Phi) is 3.40. The molecule has 0 spiro atoms. The van der Waals surface area contributed by atoms with E-state index in [1.165, 1.54) is 16.7 Å². The van der Waals surface area contributed by atoms with Crippen molar-refractivity contribution in [2.24, 2.45) is 0 Å². The van der Waals surface area contributed by atoms with Gasteiger partial charge in [-0.2, -0.15) is 5.21 Å². The van der Waals surface area contributed by atoms with Crippen LogP contribution in [0.3, 0.4) is 0 Å². The fourth-order valence-electron chi connectivity index (χ4n) is 3.08. The van der Waals surface area contributed by atoms with Crippen molar-refractivity contribution in [3.05, 3.63) is 65.2 Å². The van der Waals surface area contributed by atoms with E-state index in [1.807, 2.05) is 6.07 Å². The maximum atomic E-state index is 4.11.